The molecule has 2 nitrogen and oxygen atoms in total. The molecule has 0 aliphatic heterocycles. The lowest BCUT2D eigenvalue weighted by Gasteiger charge is -2.60. The standard InChI is InChI=1S/C15H12Cl6O2/c1-2-23-9(22)10-5-3-4-6-7(5)12(17)11(6,16)13(18,8(4)10)15(20,21)14(10,12)19/h4-8H,2-3H2,1H3. The minimum Gasteiger partial charge on any atom is -0.465 e. The summed E-state index contributed by atoms with van der Waals surface area (Å²) >= 11 is 42.1. The molecule has 7 aliphatic carbocycles. The fraction of sp³-hybridized carbons (Fsp3) is 0.933. The lowest BCUT2D eigenvalue weighted by Crippen LogP contribution is -2.73. The van der Waals surface area contributed by atoms with Gasteiger partial charge in [0.1, 0.15) is 9.75 Å². The Kier molecular flexibility index (Phi) is 2.25. The van der Waals surface area contributed by atoms with E-state index < -0.39 is 29.2 Å². The second-order valence-electron chi connectivity index (χ2n) is 7.99. The summed E-state index contributed by atoms with van der Waals surface area (Å²) in [5.74, 6) is -0.269. The Bertz CT molecular complexity index is 729. The first kappa shape index (κ1) is 15.3. The number of esters is 1. The Balaban J connectivity index is 1.77. The van der Waals surface area contributed by atoms with Crippen LogP contribution in [0.3, 0.4) is 0 Å². The van der Waals surface area contributed by atoms with E-state index in [-0.39, 0.29) is 42.2 Å². The van der Waals surface area contributed by atoms with Crippen LogP contribution in [0.5, 0.6) is 0 Å². The molecule has 23 heavy (non-hydrogen) atoms. The Hall–Kier alpha value is 1.21. The minimum absolute atomic E-state index is 0.00317. The second kappa shape index (κ2) is 3.38. The van der Waals surface area contributed by atoms with Gasteiger partial charge in [-0.2, -0.15) is 0 Å². The van der Waals surface area contributed by atoms with Gasteiger partial charge < -0.3 is 4.74 Å². The molecule has 10 unspecified atom stereocenters. The van der Waals surface area contributed by atoms with Gasteiger partial charge in [0.05, 0.1) is 21.8 Å². The first-order valence-electron chi connectivity index (χ1n) is 7.88. The van der Waals surface area contributed by atoms with E-state index in [9.17, 15) is 4.79 Å². The lowest BCUT2D eigenvalue weighted by molar-refractivity contribution is -0.161. The van der Waals surface area contributed by atoms with Crippen LogP contribution in [0.1, 0.15) is 13.3 Å². The number of ether oxygens (including phenoxy) is 1. The monoisotopic (exact) mass is 434 g/mol. The van der Waals surface area contributed by atoms with E-state index >= 15 is 0 Å². The highest BCUT2D eigenvalue weighted by Gasteiger charge is 3.16. The molecule has 7 fully saturated rings. The molecule has 0 spiro atoms. The molecule has 7 saturated carbocycles. The summed E-state index contributed by atoms with van der Waals surface area (Å²) in [6.45, 7) is 2.04. The van der Waals surface area contributed by atoms with Crippen molar-refractivity contribution in [3.8, 4) is 0 Å². The van der Waals surface area contributed by atoms with Gasteiger partial charge in [0.25, 0.3) is 0 Å². The molecule has 7 aliphatic rings. The van der Waals surface area contributed by atoms with E-state index in [4.69, 9.17) is 74.3 Å². The second-order valence-corrected chi connectivity index (χ2v) is 11.7. The van der Waals surface area contributed by atoms with Crippen molar-refractivity contribution < 1.29 is 9.53 Å². The summed E-state index contributed by atoms with van der Waals surface area (Å²) in [4.78, 5) is 8.50. The largest absolute Gasteiger partial charge is 0.465 e. The van der Waals surface area contributed by atoms with Crippen molar-refractivity contribution in [2.45, 2.75) is 37.2 Å². The summed E-state index contributed by atoms with van der Waals surface area (Å²) in [5.41, 5.74) is -1.03. The van der Waals surface area contributed by atoms with Crippen molar-refractivity contribution >= 4 is 75.6 Å². The molecule has 4 bridgehead atoms. The van der Waals surface area contributed by atoms with E-state index in [1.807, 2.05) is 0 Å². The SMILES string of the molecule is CCOC(=O)C12C3CC4C1C1(Cl)C(Cl)(Cl)C2(Cl)C2(Cl)C3C4C12Cl. The molecule has 0 radical (unpaired) electrons. The molecular weight excluding hydrogens is 425 g/mol. The highest BCUT2D eigenvalue weighted by atomic mass is 35.5. The van der Waals surface area contributed by atoms with E-state index in [0.29, 0.717) is 0 Å². The van der Waals surface area contributed by atoms with Crippen LogP contribution in [0.25, 0.3) is 0 Å². The zero-order chi connectivity index (χ0) is 16.6. The quantitative estimate of drug-likeness (QED) is 0.479. The molecular formula is C15H12Cl6O2. The van der Waals surface area contributed by atoms with Crippen LogP contribution in [-0.4, -0.2) is 36.4 Å². The predicted molar refractivity (Wildman–Crippen MR) is 89.9 cm³/mol. The van der Waals surface area contributed by atoms with Crippen molar-refractivity contribution in [1.82, 2.24) is 0 Å². The van der Waals surface area contributed by atoms with Gasteiger partial charge in [0.2, 0.25) is 0 Å². The van der Waals surface area contributed by atoms with Gasteiger partial charge in [-0.15, -0.1) is 46.4 Å². The number of hydrogen-bond donors (Lipinski definition) is 0. The smallest absolute Gasteiger partial charge is 0.314 e. The van der Waals surface area contributed by atoms with Crippen LogP contribution in [0.2, 0.25) is 0 Å². The summed E-state index contributed by atoms with van der Waals surface area (Å²) in [5, 5.41) is 0. The molecule has 0 aromatic rings. The van der Waals surface area contributed by atoms with Crippen LogP contribution in [-0.2, 0) is 9.53 Å². The molecule has 0 heterocycles. The fourth-order valence-corrected chi connectivity index (χ4v) is 13.0. The van der Waals surface area contributed by atoms with E-state index in [1.165, 1.54) is 0 Å². The maximum Gasteiger partial charge on any atom is 0.314 e. The third-order valence-electron chi connectivity index (χ3n) is 8.29. The molecule has 0 aromatic carbocycles. The highest BCUT2D eigenvalue weighted by Crippen LogP contribution is 3.06. The van der Waals surface area contributed by atoms with Crippen LogP contribution in [0.15, 0.2) is 0 Å². The van der Waals surface area contributed by atoms with Crippen LogP contribution in [0.4, 0.5) is 0 Å². The van der Waals surface area contributed by atoms with E-state index in [0.717, 1.165) is 6.42 Å². The van der Waals surface area contributed by atoms with Crippen molar-refractivity contribution in [2.75, 3.05) is 6.61 Å². The minimum atomic E-state index is -1.58. The number of rotatable bonds is 2. The van der Waals surface area contributed by atoms with Crippen LogP contribution >= 0.6 is 69.6 Å². The van der Waals surface area contributed by atoms with E-state index in [1.54, 1.807) is 6.92 Å². The van der Waals surface area contributed by atoms with Crippen molar-refractivity contribution in [3.63, 3.8) is 0 Å². The van der Waals surface area contributed by atoms with Gasteiger partial charge in [-0.3, -0.25) is 4.79 Å². The van der Waals surface area contributed by atoms with Gasteiger partial charge >= 0.3 is 5.97 Å². The molecule has 0 N–H and O–H groups in total. The number of alkyl halides is 6. The van der Waals surface area contributed by atoms with Gasteiger partial charge in [0.15, 0.2) is 4.33 Å². The predicted octanol–water partition coefficient (Wildman–Crippen LogP) is 4.17. The molecule has 126 valence electrons. The number of hydrogen-bond acceptors (Lipinski definition) is 2. The van der Waals surface area contributed by atoms with Crippen LogP contribution in [0, 0.1) is 35.0 Å². The average molecular weight is 437 g/mol. The number of carbonyl (C=O) groups is 1. The van der Waals surface area contributed by atoms with Gasteiger partial charge in [0, 0.05) is 5.92 Å². The summed E-state index contributed by atoms with van der Waals surface area (Å²) < 4.78 is 3.86. The molecule has 7 rings (SSSR count). The topological polar surface area (TPSA) is 26.3 Å². The van der Waals surface area contributed by atoms with Crippen molar-refractivity contribution in [1.29, 1.82) is 0 Å². The highest BCUT2D eigenvalue weighted by molar-refractivity contribution is 6.66. The Morgan fingerprint density at radius 1 is 1.04 bits per heavy atom. The van der Waals surface area contributed by atoms with Gasteiger partial charge in [-0.25, -0.2) is 0 Å². The lowest BCUT2D eigenvalue weighted by atomic mass is 9.58. The first-order valence-corrected chi connectivity index (χ1v) is 10.1. The fourth-order valence-electron chi connectivity index (χ4n) is 8.37. The molecule has 8 heteroatoms. The van der Waals surface area contributed by atoms with E-state index in [2.05, 4.69) is 0 Å². The molecule has 0 amide bonds. The number of carbonyl (C=O) groups excluding carboxylic acids is 1. The average Bonchev–Trinajstić information content (AvgIpc) is 3.11. The Labute approximate surface area is 163 Å². The summed E-state index contributed by atoms with van der Waals surface area (Å²) in [6, 6.07) is 0. The Morgan fingerprint density at radius 3 is 2.30 bits per heavy atom. The van der Waals surface area contributed by atoms with Crippen molar-refractivity contribution in [3.05, 3.63) is 0 Å². The van der Waals surface area contributed by atoms with Gasteiger partial charge in [-0.1, -0.05) is 23.2 Å². The number of halogens is 6. The maximum absolute atomic E-state index is 13.1. The third-order valence-corrected chi connectivity index (χ3v) is 13.5. The Morgan fingerprint density at radius 2 is 1.70 bits per heavy atom. The van der Waals surface area contributed by atoms with Crippen molar-refractivity contribution in [2.24, 2.45) is 35.0 Å². The summed E-state index contributed by atoms with van der Waals surface area (Å²) in [6.07, 6.45) is 0.856. The summed E-state index contributed by atoms with van der Waals surface area (Å²) in [7, 11) is 0. The first-order chi connectivity index (χ1) is 10.6. The zero-order valence-corrected chi connectivity index (χ0v) is 16.4. The normalized spacial score (nSPS) is 73.1. The maximum atomic E-state index is 13.1. The van der Waals surface area contributed by atoms with Crippen LogP contribution < -0.4 is 0 Å². The molecule has 0 aromatic heterocycles. The zero-order valence-electron chi connectivity index (χ0n) is 11.9. The van der Waals surface area contributed by atoms with Gasteiger partial charge in [-0.05, 0) is 37.0 Å². The molecule has 10 atom stereocenters. The molecule has 0 saturated heterocycles. The third kappa shape index (κ3) is 0.800.